The van der Waals surface area contributed by atoms with Crippen molar-refractivity contribution < 1.29 is 23.1 Å². The third-order valence-corrected chi connectivity index (χ3v) is 4.35. The molecule has 0 fully saturated rings. The number of carboxylic acid groups (broad SMARTS) is 1. The first-order valence-electron chi connectivity index (χ1n) is 9.21. The molecule has 0 bridgehead atoms. The van der Waals surface area contributed by atoms with E-state index in [9.17, 15) is 23.1 Å². The SMILES string of the molecule is Cc1cc(Nc2nccc(C(F)(F)F)n2)cc(-c2ccc(NC(C)(C)C(=O)O)nc2)c1. The predicted molar refractivity (Wildman–Crippen MR) is 110 cm³/mol. The van der Waals surface area contributed by atoms with Crippen molar-refractivity contribution in [2.24, 2.45) is 0 Å². The molecule has 0 radical (unpaired) electrons. The second kappa shape index (κ2) is 8.21. The number of nitrogens with one attached hydrogen (secondary N) is 2. The molecule has 0 aliphatic heterocycles. The summed E-state index contributed by atoms with van der Waals surface area (Å²) in [4.78, 5) is 22.9. The van der Waals surface area contributed by atoms with Gasteiger partial charge in [0, 0.05) is 23.6 Å². The van der Waals surface area contributed by atoms with Gasteiger partial charge in [-0.15, -0.1) is 0 Å². The molecule has 2 heterocycles. The van der Waals surface area contributed by atoms with E-state index in [0.29, 0.717) is 11.5 Å². The topological polar surface area (TPSA) is 100 Å². The molecule has 162 valence electrons. The maximum Gasteiger partial charge on any atom is 0.433 e. The largest absolute Gasteiger partial charge is 0.480 e. The van der Waals surface area contributed by atoms with Gasteiger partial charge in [-0.05, 0) is 62.2 Å². The Morgan fingerprint density at radius 2 is 1.77 bits per heavy atom. The maximum atomic E-state index is 12.9. The lowest BCUT2D eigenvalue weighted by atomic mass is 10.0. The Hall–Kier alpha value is -3.69. The van der Waals surface area contributed by atoms with Gasteiger partial charge in [0.1, 0.15) is 17.1 Å². The number of aryl methyl sites for hydroxylation is 1. The Morgan fingerprint density at radius 3 is 2.39 bits per heavy atom. The van der Waals surface area contributed by atoms with E-state index in [2.05, 4.69) is 25.6 Å². The summed E-state index contributed by atoms with van der Waals surface area (Å²) in [6.07, 6.45) is -1.93. The molecule has 1 aromatic carbocycles. The van der Waals surface area contributed by atoms with Crippen LogP contribution in [0.5, 0.6) is 0 Å². The van der Waals surface area contributed by atoms with Gasteiger partial charge in [0.2, 0.25) is 5.95 Å². The summed E-state index contributed by atoms with van der Waals surface area (Å²) >= 11 is 0. The van der Waals surface area contributed by atoms with Crippen molar-refractivity contribution in [2.75, 3.05) is 10.6 Å². The Labute approximate surface area is 176 Å². The van der Waals surface area contributed by atoms with Crippen LogP contribution < -0.4 is 10.6 Å². The van der Waals surface area contributed by atoms with Crippen LogP contribution in [0.25, 0.3) is 11.1 Å². The molecule has 0 spiro atoms. The lowest BCUT2D eigenvalue weighted by Gasteiger charge is -2.21. The van der Waals surface area contributed by atoms with Crippen LogP contribution in [-0.4, -0.2) is 31.6 Å². The normalized spacial score (nSPS) is 11.8. The van der Waals surface area contributed by atoms with Crippen LogP contribution in [0.15, 0.2) is 48.8 Å². The Kier molecular flexibility index (Phi) is 5.83. The highest BCUT2D eigenvalue weighted by atomic mass is 19.4. The first kappa shape index (κ1) is 22.0. The summed E-state index contributed by atoms with van der Waals surface area (Å²) in [7, 11) is 0. The van der Waals surface area contributed by atoms with E-state index in [1.807, 2.05) is 13.0 Å². The second-order valence-electron chi connectivity index (χ2n) is 7.46. The van der Waals surface area contributed by atoms with E-state index >= 15 is 0 Å². The van der Waals surface area contributed by atoms with E-state index in [-0.39, 0.29) is 5.95 Å². The van der Waals surface area contributed by atoms with Crippen LogP contribution in [0.4, 0.5) is 30.6 Å². The minimum absolute atomic E-state index is 0.167. The van der Waals surface area contributed by atoms with Gasteiger partial charge in [-0.2, -0.15) is 13.2 Å². The number of halogens is 3. The van der Waals surface area contributed by atoms with Gasteiger partial charge in [0.15, 0.2) is 0 Å². The zero-order valence-electron chi connectivity index (χ0n) is 16.9. The van der Waals surface area contributed by atoms with Gasteiger partial charge >= 0.3 is 12.1 Å². The quantitative estimate of drug-likeness (QED) is 0.511. The minimum atomic E-state index is -4.56. The number of benzene rings is 1. The lowest BCUT2D eigenvalue weighted by molar-refractivity contribution is -0.141. The number of carboxylic acids is 1. The number of rotatable bonds is 6. The molecule has 0 aliphatic carbocycles. The van der Waals surface area contributed by atoms with Crippen molar-refractivity contribution in [1.29, 1.82) is 0 Å². The van der Waals surface area contributed by atoms with Crippen LogP contribution in [0.1, 0.15) is 25.1 Å². The summed E-state index contributed by atoms with van der Waals surface area (Å²) < 4.78 is 38.6. The molecule has 0 atom stereocenters. The lowest BCUT2D eigenvalue weighted by Crippen LogP contribution is -2.40. The first-order valence-corrected chi connectivity index (χ1v) is 9.21. The monoisotopic (exact) mass is 431 g/mol. The highest BCUT2D eigenvalue weighted by molar-refractivity contribution is 5.81. The van der Waals surface area contributed by atoms with Gasteiger partial charge in [0.25, 0.3) is 0 Å². The van der Waals surface area contributed by atoms with Crippen LogP contribution in [-0.2, 0) is 11.0 Å². The highest BCUT2D eigenvalue weighted by Gasteiger charge is 2.32. The van der Waals surface area contributed by atoms with Crippen molar-refractivity contribution in [3.63, 3.8) is 0 Å². The molecular weight excluding hydrogens is 411 g/mol. The molecule has 2 aromatic heterocycles. The summed E-state index contributed by atoms with van der Waals surface area (Å²) in [5.41, 5.74) is 0.681. The van der Waals surface area contributed by atoms with Gasteiger partial charge in [-0.1, -0.05) is 6.07 Å². The Morgan fingerprint density at radius 1 is 1.03 bits per heavy atom. The van der Waals surface area contributed by atoms with Crippen molar-refractivity contribution in [1.82, 2.24) is 15.0 Å². The van der Waals surface area contributed by atoms with Crippen LogP contribution >= 0.6 is 0 Å². The number of hydrogen-bond donors (Lipinski definition) is 3. The number of carbonyl (C=O) groups is 1. The van der Waals surface area contributed by atoms with Crippen molar-refractivity contribution >= 4 is 23.4 Å². The smallest absolute Gasteiger partial charge is 0.433 e. The van der Waals surface area contributed by atoms with E-state index in [1.165, 1.54) is 13.8 Å². The number of aromatic nitrogens is 3. The number of aliphatic carboxylic acids is 1. The standard InChI is InChI=1S/C21H20F3N5O2/c1-12-8-14(13-4-5-17(26-11-13)29-20(2,3)18(30)31)10-15(9-12)27-19-25-7-6-16(28-19)21(22,23)24/h4-11H,1-3H3,(H,26,29)(H,30,31)(H,25,27,28). The average Bonchev–Trinajstić information content (AvgIpc) is 2.67. The molecule has 0 saturated carbocycles. The first-order chi connectivity index (χ1) is 14.4. The van der Waals surface area contributed by atoms with Crippen molar-refractivity contribution in [3.05, 3.63) is 60.0 Å². The molecule has 0 aliphatic rings. The molecule has 0 saturated heterocycles. The molecule has 3 aromatic rings. The van der Waals surface area contributed by atoms with E-state index in [1.54, 1.807) is 30.5 Å². The Balaban J connectivity index is 1.84. The highest BCUT2D eigenvalue weighted by Crippen LogP contribution is 2.29. The molecule has 31 heavy (non-hydrogen) atoms. The molecule has 0 amide bonds. The fourth-order valence-corrected chi connectivity index (χ4v) is 2.74. The summed E-state index contributed by atoms with van der Waals surface area (Å²) in [6, 6.07) is 9.62. The molecule has 3 rings (SSSR count). The van der Waals surface area contributed by atoms with Gasteiger partial charge < -0.3 is 15.7 Å². The third kappa shape index (κ3) is 5.47. The van der Waals surface area contributed by atoms with Crippen LogP contribution in [0.2, 0.25) is 0 Å². The predicted octanol–water partition coefficient (Wildman–Crippen LogP) is 4.88. The van der Waals surface area contributed by atoms with Crippen molar-refractivity contribution in [3.8, 4) is 11.1 Å². The molecular formula is C21H20F3N5O2. The molecule has 0 unspecified atom stereocenters. The van der Waals surface area contributed by atoms with E-state index < -0.39 is 23.4 Å². The fraction of sp³-hybridized carbons (Fsp3) is 0.238. The van der Waals surface area contributed by atoms with Crippen molar-refractivity contribution in [2.45, 2.75) is 32.5 Å². The number of anilines is 3. The molecule has 3 N–H and O–H groups in total. The van der Waals surface area contributed by atoms with Crippen LogP contribution in [0.3, 0.4) is 0 Å². The van der Waals surface area contributed by atoms with Gasteiger partial charge in [-0.25, -0.2) is 19.7 Å². The summed E-state index contributed by atoms with van der Waals surface area (Å²) in [5, 5.41) is 14.8. The summed E-state index contributed by atoms with van der Waals surface area (Å²) in [6.45, 7) is 4.90. The van der Waals surface area contributed by atoms with Crippen LogP contribution in [0, 0.1) is 6.92 Å². The maximum absolute atomic E-state index is 12.9. The number of alkyl halides is 3. The fourth-order valence-electron chi connectivity index (χ4n) is 2.74. The van der Waals surface area contributed by atoms with E-state index in [4.69, 9.17) is 0 Å². The van der Waals surface area contributed by atoms with E-state index in [0.717, 1.165) is 29.0 Å². The number of hydrogen-bond acceptors (Lipinski definition) is 6. The van der Waals surface area contributed by atoms with Gasteiger partial charge in [-0.3, -0.25) is 0 Å². The number of pyridine rings is 1. The second-order valence-corrected chi connectivity index (χ2v) is 7.46. The minimum Gasteiger partial charge on any atom is -0.480 e. The number of nitrogens with zero attached hydrogens (tertiary/aromatic N) is 3. The zero-order valence-corrected chi connectivity index (χ0v) is 16.9. The molecule has 10 heteroatoms. The average molecular weight is 431 g/mol. The summed E-state index contributed by atoms with van der Waals surface area (Å²) in [5.74, 6) is -0.774. The molecule has 7 nitrogen and oxygen atoms in total. The zero-order chi connectivity index (χ0) is 22.8. The Bertz CT molecular complexity index is 1100. The third-order valence-electron chi connectivity index (χ3n) is 4.35. The van der Waals surface area contributed by atoms with Gasteiger partial charge in [0.05, 0.1) is 0 Å².